The van der Waals surface area contributed by atoms with Crippen molar-refractivity contribution >= 4 is 0 Å². The highest BCUT2D eigenvalue weighted by Crippen LogP contribution is 2.57. The van der Waals surface area contributed by atoms with Crippen molar-refractivity contribution in [2.24, 2.45) is 0 Å². The summed E-state index contributed by atoms with van der Waals surface area (Å²) in [5.41, 5.74) is 1.36. The second-order valence-electron chi connectivity index (χ2n) is 4.12. The third kappa shape index (κ3) is 1.01. The highest BCUT2D eigenvalue weighted by molar-refractivity contribution is 5.37. The van der Waals surface area contributed by atoms with Crippen LogP contribution in [0.3, 0.4) is 0 Å². The van der Waals surface area contributed by atoms with Crippen LogP contribution in [0.1, 0.15) is 24.8 Å². The Morgan fingerprint density at radius 1 is 1.50 bits per heavy atom. The summed E-state index contributed by atoms with van der Waals surface area (Å²) in [5, 5.41) is 0. The van der Waals surface area contributed by atoms with E-state index in [2.05, 4.69) is 12.1 Å². The summed E-state index contributed by atoms with van der Waals surface area (Å²) in [5.74, 6) is 0.929. The fourth-order valence-electron chi connectivity index (χ4n) is 2.57. The minimum absolute atomic E-state index is 0.0640. The topological polar surface area (TPSA) is 21.8 Å². The van der Waals surface area contributed by atoms with Crippen molar-refractivity contribution in [1.29, 1.82) is 0 Å². The molecule has 0 aromatic heterocycles. The van der Waals surface area contributed by atoms with E-state index in [4.69, 9.17) is 9.47 Å². The lowest BCUT2D eigenvalue weighted by Gasteiger charge is -2.10. The lowest BCUT2D eigenvalue weighted by molar-refractivity contribution is 0.253. The zero-order valence-corrected chi connectivity index (χ0v) is 8.32. The molecule has 1 aromatic carbocycles. The molecule has 2 unspecified atom stereocenters. The molecule has 2 aliphatic rings. The molecule has 1 aliphatic heterocycles. The number of rotatable bonds is 2. The molecule has 2 heteroatoms. The quantitative estimate of drug-likeness (QED) is 0.668. The van der Waals surface area contributed by atoms with Crippen LogP contribution in [0.15, 0.2) is 24.3 Å². The maximum Gasteiger partial charge on any atom is 0.120 e. The van der Waals surface area contributed by atoms with E-state index in [-0.39, 0.29) is 5.60 Å². The van der Waals surface area contributed by atoms with E-state index in [0.29, 0.717) is 6.10 Å². The largest absolute Gasteiger partial charge is 0.497 e. The molecule has 74 valence electrons. The Labute approximate surface area is 83.8 Å². The summed E-state index contributed by atoms with van der Waals surface area (Å²) in [6.45, 7) is 0. The lowest BCUT2D eigenvalue weighted by Crippen LogP contribution is -2.06. The van der Waals surface area contributed by atoms with E-state index in [9.17, 15) is 0 Å². The first-order valence-electron chi connectivity index (χ1n) is 5.17. The van der Waals surface area contributed by atoms with Gasteiger partial charge in [0.1, 0.15) is 11.4 Å². The zero-order valence-electron chi connectivity index (χ0n) is 8.32. The van der Waals surface area contributed by atoms with Gasteiger partial charge < -0.3 is 9.47 Å². The molecule has 0 amide bonds. The number of ether oxygens (including phenoxy) is 2. The van der Waals surface area contributed by atoms with E-state index in [1.54, 1.807) is 7.11 Å². The second kappa shape index (κ2) is 2.74. The number of fused-ring (bicyclic) bond motifs is 1. The van der Waals surface area contributed by atoms with E-state index < -0.39 is 0 Å². The van der Waals surface area contributed by atoms with Crippen molar-refractivity contribution in [1.82, 2.24) is 0 Å². The summed E-state index contributed by atoms with van der Waals surface area (Å²) >= 11 is 0. The van der Waals surface area contributed by atoms with Crippen LogP contribution in [0, 0.1) is 0 Å². The molecule has 2 atom stereocenters. The molecule has 2 fully saturated rings. The van der Waals surface area contributed by atoms with Gasteiger partial charge in [-0.05, 0) is 37.0 Å². The van der Waals surface area contributed by atoms with Gasteiger partial charge in [-0.2, -0.15) is 0 Å². The first-order chi connectivity index (χ1) is 6.85. The normalized spacial score (nSPS) is 33.9. The SMILES string of the molecule is COc1cccc(C23CCCC2O3)c1. The van der Waals surface area contributed by atoms with Gasteiger partial charge in [0, 0.05) is 0 Å². The lowest BCUT2D eigenvalue weighted by atomic mass is 9.97. The molecule has 0 bridgehead atoms. The third-order valence-electron chi connectivity index (χ3n) is 3.39. The first-order valence-corrected chi connectivity index (χ1v) is 5.17. The Balaban J connectivity index is 1.96. The van der Waals surface area contributed by atoms with Gasteiger partial charge in [-0.25, -0.2) is 0 Å². The monoisotopic (exact) mass is 190 g/mol. The Hall–Kier alpha value is -1.02. The molecular formula is C12H14O2. The van der Waals surface area contributed by atoms with E-state index in [0.717, 1.165) is 5.75 Å². The van der Waals surface area contributed by atoms with Crippen LogP contribution in [0.25, 0.3) is 0 Å². The zero-order chi connectivity index (χ0) is 9.60. The molecule has 0 spiro atoms. The molecular weight excluding hydrogens is 176 g/mol. The predicted octanol–water partition coefficient (Wildman–Crippen LogP) is 2.47. The van der Waals surface area contributed by atoms with Crippen molar-refractivity contribution in [3.8, 4) is 5.75 Å². The van der Waals surface area contributed by atoms with Crippen molar-refractivity contribution in [3.63, 3.8) is 0 Å². The number of hydrogen-bond acceptors (Lipinski definition) is 2. The van der Waals surface area contributed by atoms with Gasteiger partial charge in [-0.1, -0.05) is 12.1 Å². The smallest absolute Gasteiger partial charge is 0.120 e. The molecule has 0 radical (unpaired) electrons. The van der Waals surface area contributed by atoms with Gasteiger partial charge >= 0.3 is 0 Å². The summed E-state index contributed by atoms with van der Waals surface area (Å²) < 4.78 is 11.0. The fourth-order valence-corrected chi connectivity index (χ4v) is 2.57. The number of hydrogen-bond donors (Lipinski definition) is 0. The van der Waals surface area contributed by atoms with Crippen LogP contribution in [0.5, 0.6) is 5.75 Å². The molecule has 2 nitrogen and oxygen atoms in total. The summed E-state index contributed by atoms with van der Waals surface area (Å²) in [4.78, 5) is 0. The molecule has 1 saturated heterocycles. The van der Waals surface area contributed by atoms with Gasteiger partial charge in [-0.15, -0.1) is 0 Å². The van der Waals surface area contributed by atoms with E-state index >= 15 is 0 Å². The number of benzene rings is 1. The van der Waals surface area contributed by atoms with Gasteiger partial charge in [0.25, 0.3) is 0 Å². The fraction of sp³-hybridized carbons (Fsp3) is 0.500. The summed E-state index contributed by atoms with van der Waals surface area (Å²) in [6.07, 6.45) is 4.17. The van der Waals surface area contributed by atoms with Crippen molar-refractivity contribution in [2.75, 3.05) is 7.11 Å². The van der Waals surface area contributed by atoms with Crippen LogP contribution in [0.4, 0.5) is 0 Å². The van der Waals surface area contributed by atoms with Crippen LogP contribution in [-0.4, -0.2) is 13.2 Å². The molecule has 1 saturated carbocycles. The summed E-state index contributed by atoms with van der Waals surface area (Å²) in [7, 11) is 1.71. The van der Waals surface area contributed by atoms with E-state index in [1.165, 1.54) is 24.8 Å². The van der Waals surface area contributed by atoms with Crippen LogP contribution in [-0.2, 0) is 10.3 Å². The number of methoxy groups -OCH3 is 1. The van der Waals surface area contributed by atoms with Gasteiger partial charge in [0.05, 0.1) is 13.2 Å². The summed E-state index contributed by atoms with van der Waals surface area (Å²) in [6, 6.07) is 8.27. The Kier molecular flexibility index (Phi) is 1.62. The van der Waals surface area contributed by atoms with Crippen molar-refractivity contribution in [3.05, 3.63) is 29.8 Å². The average Bonchev–Trinajstić information content (AvgIpc) is 2.82. The van der Waals surface area contributed by atoms with Crippen LogP contribution in [0.2, 0.25) is 0 Å². The second-order valence-corrected chi connectivity index (χ2v) is 4.12. The molecule has 1 aliphatic carbocycles. The highest BCUT2D eigenvalue weighted by Gasteiger charge is 2.60. The van der Waals surface area contributed by atoms with Gasteiger partial charge in [0.15, 0.2) is 0 Å². The van der Waals surface area contributed by atoms with Crippen molar-refractivity contribution in [2.45, 2.75) is 31.0 Å². The standard InChI is InChI=1S/C12H14O2/c1-13-10-5-2-4-9(8-10)12-7-3-6-11(12)14-12/h2,4-5,8,11H,3,6-7H2,1H3. The first kappa shape index (κ1) is 8.30. The Bertz CT molecular complexity index is 361. The average molecular weight is 190 g/mol. The molecule has 0 N–H and O–H groups in total. The van der Waals surface area contributed by atoms with Gasteiger partial charge in [0.2, 0.25) is 0 Å². The van der Waals surface area contributed by atoms with Gasteiger partial charge in [-0.3, -0.25) is 0 Å². The molecule has 14 heavy (non-hydrogen) atoms. The third-order valence-corrected chi connectivity index (χ3v) is 3.39. The molecule has 1 aromatic rings. The molecule has 1 heterocycles. The maximum atomic E-state index is 5.77. The Morgan fingerprint density at radius 3 is 3.07 bits per heavy atom. The van der Waals surface area contributed by atoms with Crippen molar-refractivity contribution < 1.29 is 9.47 Å². The number of epoxide rings is 1. The maximum absolute atomic E-state index is 5.77. The minimum Gasteiger partial charge on any atom is -0.497 e. The van der Waals surface area contributed by atoms with Crippen LogP contribution >= 0.6 is 0 Å². The van der Waals surface area contributed by atoms with Crippen LogP contribution < -0.4 is 4.74 Å². The molecule has 3 rings (SSSR count). The minimum atomic E-state index is 0.0640. The predicted molar refractivity (Wildman–Crippen MR) is 53.4 cm³/mol. The van der Waals surface area contributed by atoms with E-state index in [1.807, 2.05) is 12.1 Å². The highest BCUT2D eigenvalue weighted by atomic mass is 16.6. The Morgan fingerprint density at radius 2 is 2.43 bits per heavy atom.